The van der Waals surface area contributed by atoms with Crippen LogP contribution in [0, 0.1) is 5.82 Å². The first-order valence-corrected chi connectivity index (χ1v) is 7.80. The minimum Gasteiger partial charge on any atom is -0.477 e. The molecule has 0 aliphatic carbocycles. The molecule has 5 nitrogen and oxygen atoms in total. The van der Waals surface area contributed by atoms with Crippen LogP contribution in [0.4, 0.5) is 4.39 Å². The number of carbonyl (C=O) groups excluding carboxylic acids is 1. The number of hydrogen-bond acceptors (Lipinski definition) is 4. The average molecular weight is 331 g/mol. The Labute approximate surface area is 141 Å². The first-order valence-electron chi connectivity index (χ1n) is 7.80. The molecule has 1 aromatic carbocycles. The van der Waals surface area contributed by atoms with Gasteiger partial charge in [-0.25, -0.2) is 9.37 Å². The number of halogens is 1. The molecular formula is C18H22FN3O2. The Morgan fingerprint density at radius 2 is 2.12 bits per heavy atom. The lowest BCUT2D eigenvalue weighted by molar-refractivity contribution is 0.0937. The van der Waals surface area contributed by atoms with Gasteiger partial charge in [-0.3, -0.25) is 4.79 Å². The normalized spacial score (nSPS) is 12.0. The fraction of sp³-hybridized carbons (Fsp3) is 0.333. The van der Waals surface area contributed by atoms with Crippen LogP contribution < -0.4 is 10.1 Å². The van der Waals surface area contributed by atoms with Gasteiger partial charge in [0.25, 0.3) is 5.91 Å². The van der Waals surface area contributed by atoms with Gasteiger partial charge in [0.05, 0.1) is 12.6 Å². The second-order valence-electron chi connectivity index (χ2n) is 5.53. The monoisotopic (exact) mass is 331 g/mol. The van der Waals surface area contributed by atoms with E-state index in [0.29, 0.717) is 24.6 Å². The molecule has 2 aromatic rings. The van der Waals surface area contributed by atoms with Gasteiger partial charge in [0.1, 0.15) is 11.4 Å². The highest BCUT2D eigenvalue weighted by Crippen LogP contribution is 2.19. The maximum atomic E-state index is 13.5. The van der Waals surface area contributed by atoms with Gasteiger partial charge in [0.2, 0.25) is 5.88 Å². The zero-order valence-corrected chi connectivity index (χ0v) is 14.1. The molecule has 0 fully saturated rings. The first kappa shape index (κ1) is 17.9. The van der Waals surface area contributed by atoms with Crippen LogP contribution in [0.1, 0.15) is 28.9 Å². The minimum atomic E-state index is -0.295. The van der Waals surface area contributed by atoms with Gasteiger partial charge in [-0.05, 0) is 50.8 Å². The third-order valence-electron chi connectivity index (χ3n) is 3.61. The molecule has 1 amide bonds. The summed E-state index contributed by atoms with van der Waals surface area (Å²) in [6.45, 7) is 2.61. The van der Waals surface area contributed by atoms with E-state index in [1.54, 1.807) is 24.4 Å². The number of nitrogens with zero attached hydrogens (tertiary/aromatic N) is 2. The lowest BCUT2D eigenvalue weighted by Gasteiger charge is -2.25. The summed E-state index contributed by atoms with van der Waals surface area (Å²) in [6.07, 6.45) is 1.58. The summed E-state index contributed by atoms with van der Waals surface area (Å²) >= 11 is 0. The highest BCUT2D eigenvalue weighted by Gasteiger charge is 2.18. The van der Waals surface area contributed by atoms with Crippen LogP contribution in [0.5, 0.6) is 5.88 Å². The van der Waals surface area contributed by atoms with Crippen molar-refractivity contribution in [1.29, 1.82) is 0 Å². The number of hydrogen-bond donors (Lipinski definition) is 1. The van der Waals surface area contributed by atoms with Gasteiger partial charge >= 0.3 is 0 Å². The molecule has 6 heteroatoms. The molecular weight excluding hydrogens is 309 g/mol. The standard InChI is InChI=1S/C18H22FN3O2/c1-4-24-18-15(9-6-10-20-18)17(23)21-12-16(22(2)3)13-7-5-8-14(19)11-13/h5-11,16H,4,12H2,1-3H3,(H,21,23). The number of nitrogens with one attached hydrogen (secondary N) is 1. The molecule has 1 heterocycles. The van der Waals surface area contributed by atoms with E-state index in [1.165, 1.54) is 12.1 Å². The number of amides is 1. The van der Waals surface area contributed by atoms with Gasteiger partial charge in [-0.15, -0.1) is 0 Å². The van der Waals surface area contributed by atoms with Crippen LogP contribution in [0.2, 0.25) is 0 Å². The average Bonchev–Trinajstić information content (AvgIpc) is 2.55. The predicted octanol–water partition coefficient (Wildman–Crippen LogP) is 2.65. The van der Waals surface area contributed by atoms with Crippen LogP contribution in [0.15, 0.2) is 42.6 Å². The Morgan fingerprint density at radius 3 is 2.79 bits per heavy atom. The van der Waals surface area contributed by atoms with Crippen LogP contribution in [-0.2, 0) is 0 Å². The number of pyridine rings is 1. The Bertz CT molecular complexity index is 691. The van der Waals surface area contributed by atoms with Crippen molar-refractivity contribution in [2.45, 2.75) is 13.0 Å². The number of likely N-dealkylation sites (N-methyl/N-ethyl adjacent to an activating group) is 1. The summed E-state index contributed by atoms with van der Waals surface area (Å²) in [4.78, 5) is 18.5. The van der Waals surface area contributed by atoms with Gasteiger partial charge in [-0.1, -0.05) is 12.1 Å². The molecule has 1 unspecified atom stereocenters. The Hall–Kier alpha value is -2.47. The van der Waals surface area contributed by atoms with E-state index in [2.05, 4.69) is 10.3 Å². The topological polar surface area (TPSA) is 54.5 Å². The summed E-state index contributed by atoms with van der Waals surface area (Å²) in [5, 5.41) is 2.87. The van der Waals surface area contributed by atoms with Crippen LogP contribution in [0.3, 0.4) is 0 Å². The Morgan fingerprint density at radius 1 is 1.33 bits per heavy atom. The van der Waals surface area contributed by atoms with Gasteiger partial charge < -0.3 is 15.0 Å². The smallest absolute Gasteiger partial charge is 0.256 e. The summed E-state index contributed by atoms with van der Waals surface area (Å²) in [5.74, 6) is -0.254. The van der Waals surface area contributed by atoms with E-state index < -0.39 is 0 Å². The first-order chi connectivity index (χ1) is 11.5. The van der Waals surface area contributed by atoms with Gasteiger partial charge in [0, 0.05) is 12.7 Å². The number of aromatic nitrogens is 1. The second-order valence-corrected chi connectivity index (χ2v) is 5.53. The van der Waals surface area contributed by atoms with E-state index in [4.69, 9.17) is 4.74 Å². The summed E-state index contributed by atoms with van der Waals surface area (Å²) < 4.78 is 18.8. The Balaban J connectivity index is 2.11. The lowest BCUT2D eigenvalue weighted by atomic mass is 10.1. The SMILES string of the molecule is CCOc1ncccc1C(=O)NCC(c1cccc(F)c1)N(C)C. The molecule has 128 valence electrons. The van der Waals surface area contributed by atoms with E-state index in [-0.39, 0.29) is 17.8 Å². The molecule has 0 saturated carbocycles. The molecule has 0 radical (unpaired) electrons. The van der Waals surface area contributed by atoms with Crippen LogP contribution >= 0.6 is 0 Å². The maximum Gasteiger partial charge on any atom is 0.256 e. The minimum absolute atomic E-state index is 0.142. The third-order valence-corrected chi connectivity index (χ3v) is 3.61. The van der Waals surface area contributed by atoms with Crippen LogP contribution in [-0.4, -0.2) is 43.0 Å². The molecule has 0 aliphatic heterocycles. The van der Waals surface area contributed by atoms with E-state index in [9.17, 15) is 9.18 Å². The highest BCUT2D eigenvalue weighted by atomic mass is 19.1. The molecule has 2 rings (SSSR count). The molecule has 1 atom stereocenters. The second kappa shape index (κ2) is 8.40. The summed E-state index contributed by atoms with van der Waals surface area (Å²) in [6, 6.07) is 9.60. The van der Waals surface area contributed by atoms with Gasteiger partial charge in [0.15, 0.2) is 0 Å². The number of rotatable bonds is 7. The third kappa shape index (κ3) is 4.52. The zero-order chi connectivity index (χ0) is 17.5. The van der Waals surface area contributed by atoms with Crippen molar-refractivity contribution in [3.8, 4) is 5.88 Å². The van der Waals surface area contributed by atoms with Crippen LogP contribution in [0.25, 0.3) is 0 Å². The lowest BCUT2D eigenvalue weighted by Crippen LogP contribution is -2.34. The number of benzene rings is 1. The summed E-state index contributed by atoms with van der Waals surface area (Å²) in [7, 11) is 3.77. The van der Waals surface area contributed by atoms with Crippen molar-refractivity contribution in [3.63, 3.8) is 0 Å². The fourth-order valence-corrected chi connectivity index (χ4v) is 2.41. The van der Waals surface area contributed by atoms with Crippen molar-refractivity contribution < 1.29 is 13.9 Å². The highest BCUT2D eigenvalue weighted by molar-refractivity contribution is 5.96. The molecule has 0 saturated heterocycles. The van der Waals surface area contributed by atoms with Crippen molar-refractivity contribution in [1.82, 2.24) is 15.2 Å². The molecule has 0 spiro atoms. The fourth-order valence-electron chi connectivity index (χ4n) is 2.41. The predicted molar refractivity (Wildman–Crippen MR) is 90.6 cm³/mol. The van der Waals surface area contributed by atoms with E-state index in [0.717, 1.165) is 5.56 Å². The Kier molecular flexibility index (Phi) is 6.26. The van der Waals surface area contributed by atoms with Crippen molar-refractivity contribution in [2.24, 2.45) is 0 Å². The number of carbonyl (C=O) groups is 1. The maximum absolute atomic E-state index is 13.5. The number of ether oxygens (including phenoxy) is 1. The van der Waals surface area contributed by atoms with E-state index >= 15 is 0 Å². The molecule has 24 heavy (non-hydrogen) atoms. The zero-order valence-electron chi connectivity index (χ0n) is 14.1. The molecule has 0 aliphatic rings. The van der Waals surface area contributed by atoms with Crippen molar-refractivity contribution >= 4 is 5.91 Å². The quantitative estimate of drug-likeness (QED) is 0.847. The summed E-state index contributed by atoms with van der Waals surface area (Å²) in [5.41, 5.74) is 1.19. The van der Waals surface area contributed by atoms with E-state index in [1.807, 2.05) is 32.0 Å². The molecule has 0 bridgehead atoms. The van der Waals surface area contributed by atoms with Gasteiger partial charge in [-0.2, -0.15) is 0 Å². The molecule has 1 aromatic heterocycles. The molecule has 1 N–H and O–H groups in total. The van der Waals surface area contributed by atoms with Crippen molar-refractivity contribution in [2.75, 3.05) is 27.2 Å². The largest absolute Gasteiger partial charge is 0.477 e. The van der Waals surface area contributed by atoms with Crippen molar-refractivity contribution in [3.05, 3.63) is 59.5 Å².